The summed E-state index contributed by atoms with van der Waals surface area (Å²) in [6.07, 6.45) is 2.19. The summed E-state index contributed by atoms with van der Waals surface area (Å²) in [7, 11) is 0. The van der Waals surface area contributed by atoms with Crippen LogP contribution in [-0.4, -0.2) is 30.6 Å². The zero-order valence-electron chi connectivity index (χ0n) is 8.62. The molecule has 2 heterocycles. The summed E-state index contributed by atoms with van der Waals surface area (Å²) in [6.45, 7) is 4.07. The highest BCUT2D eigenvalue weighted by Crippen LogP contribution is 2.39. The molecule has 0 saturated carbocycles. The maximum absolute atomic E-state index is 11.5. The Morgan fingerprint density at radius 2 is 2.36 bits per heavy atom. The van der Waals surface area contributed by atoms with E-state index >= 15 is 0 Å². The van der Waals surface area contributed by atoms with Crippen LogP contribution in [0, 0.1) is 0 Å². The summed E-state index contributed by atoms with van der Waals surface area (Å²) in [5.41, 5.74) is 0. The van der Waals surface area contributed by atoms with Gasteiger partial charge >= 0.3 is 5.97 Å². The van der Waals surface area contributed by atoms with Crippen molar-refractivity contribution in [2.75, 3.05) is 6.61 Å². The molecule has 14 heavy (non-hydrogen) atoms. The van der Waals surface area contributed by atoms with Crippen LogP contribution in [0.15, 0.2) is 0 Å². The molecular formula is C10H16O4. The highest BCUT2D eigenvalue weighted by Gasteiger charge is 2.50. The van der Waals surface area contributed by atoms with E-state index < -0.39 is 11.9 Å². The Labute approximate surface area is 83.5 Å². The summed E-state index contributed by atoms with van der Waals surface area (Å²) in [5.74, 6) is -0.844. The second-order valence-electron chi connectivity index (χ2n) is 3.97. The predicted molar refractivity (Wildman–Crippen MR) is 48.6 cm³/mol. The van der Waals surface area contributed by atoms with Crippen molar-refractivity contribution in [3.8, 4) is 0 Å². The van der Waals surface area contributed by atoms with E-state index in [1.165, 1.54) is 0 Å². The molecule has 0 unspecified atom stereocenters. The average molecular weight is 200 g/mol. The van der Waals surface area contributed by atoms with Crippen molar-refractivity contribution in [2.45, 2.75) is 51.1 Å². The van der Waals surface area contributed by atoms with Crippen molar-refractivity contribution in [2.24, 2.45) is 0 Å². The highest BCUT2D eigenvalue weighted by molar-refractivity contribution is 5.75. The van der Waals surface area contributed by atoms with E-state index in [0.29, 0.717) is 6.61 Å². The van der Waals surface area contributed by atoms with Crippen LogP contribution in [0.5, 0.6) is 0 Å². The summed E-state index contributed by atoms with van der Waals surface area (Å²) >= 11 is 0. The second kappa shape index (κ2) is 3.51. The van der Waals surface area contributed by atoms with Gasteiger partial charge in [0.15, 0.2) is 11.9 Å². The third-order valence-corrected chi connectivity index (χ3v) is 2.75. The Morgan fingerprint density at radius 3 is 3.00 bits per heavy atom. The van der Waals surface area contributed by atoms with Crippen molar-refractivity contribution in [3.05, 3.63) is 0 Å². The van der Waals surface area contributed by atoms with Crippen molar-refractivity contribution in [3.63, 3.8) is 0 Å². The van der Waals surface area contributed by atoms with Gasteiger partial charge in [-0.05, 0) is 26.7 Å². The lowest BCUT2D eigenvalue weighted by Gasteiger charge is -2.26. The van der Waals surface area contributed by atoms with Crippen molar-refractivity contribution >= 4 is 5.97 Å². The lowest BCUT2D eigenvalue weighted by Crippen LogP contribution is -2.32. The van der Waals surface area contributed by atoms with Crippen LogP contribution < -0.4 is 0 Å². The molecule has 0 spiro atoms. The molecule has 0 amide bonds. The Balaban J connectivity index is 2.04. The minimum absolute atomic E-state index is 0.104. The quantitative estimate of drug-likeness (QED) is 0.629. The van der Waals surface area contributed by atoms with E-state index in [9.17, 15) is 4.79 Å². The molecule has 0 aromatic carbocycles. The third kappa shape index (κ3) is 1.64. The zero-order chi connectivity index (χ0) is 10.2. The Kier molecular flexibility index (Phi) is 2.49. The first-order valence-electron chi connectivity index (χ1n) is 5.17. The molecule has 0 aliphatic carbocycles. The molecule has 2 bridgehead atoms. The van der Waals surface area contributed by atoms with Gasteiger partial charge in [0.25, 0.3) is 0 Å². The fourth-order valence-electron chi connectivity index (χ4n) is 2.13. The van der Waals surface area contributed by atoms with Crippen molar-refractivity contribution < 1.29 is 19.0 Å². The standard InChI is InChI=1S/C10H16O4/c1-3-12-9(11)8-7-5-4-6-10(2,13-7)14-8/h7-8H,3-6H2,1-2H3/t7-,8-,10+/m0/s1. The maximum Gasteiger partial charge on any atom is 0.338 e. The predicted octanol–water partition coefficient (Wildman–Crippen LogP) is 1.23. The molecule has 3 atom stereocenters. The van der Waals surface area contributed by atoms with Crippen LogP contribution in [0.3, 0.4) is 0 Å². The SMILES string of the molecule is CCOC(=O)[C@H]1O[C@]2(C)CCC[C@@H]1O2. The molecule has 4 nitrogen and oxygen atoms in total. The van der Waals surface area contributed by atoms with Gasteiger partial charge in [0.2, 0.25) is 0 Å². The summed E-state index contributed by atoms with van der Waals surface area (Å²) < 4.78 is 16.2. The lowest BCUT2D eigenvalue weighted by atomic mass is 10.0. The fourth-order valence-corrected chi connectivity index (χ4v) is 2.13. The van der Waals surface area contributed by atoms with E-state index in [2.05, 4.69) is 0 Å². The number of hydrogen-bond donors (Lipinski definition) is 0. The van der Waals surface area contributed by atoms with Gasteiger partial charge in [0, 0.05) is 6.42 Å². The van der Waals surface area contributed by atoms with Gasteiger partial charge in [-0.3, -0.25) is 0 Å². The van der Waals surface area contributed by atoms with Crippen LogP contribution in [-0.2, 0) is 19.0 Å². The number of esters is 1. The van der Waals surface area contributed by atoms with E-state index in [-0.39, 0.29) is 12.1 Å². The van der Waals surface area contributed by atoms with Crippen LogP contribution in [0.4, 0.5) is 0 Å². The van der Waals surface area contributed by atoms with Crippen molar-refractivity contribution in [1.29, 1.82) is 0 Å². The summed E-state index contributed by atoms with van der Waals surface area (Å²) in [6, 6.07) is 0. The monoisotopic (exact) mass is 200 g/mol. The largest absolute Gasteiger partial charge is 0.464 e. The number of carbonyl (C=O) groups excluding carboxylic acids is 1. The van der Waals surface area contributed by atoms with E-state index in [0.717, 1.165) is 19.3 Å². The second-order valence-corrected chi connectivity index (χ2v) is 3.97. The molecule has 2 aliphatic rings. The van der Waals surface area contributed by atoms with Gasteiger partial charge in [-0.25, -0.2) is 4.79 Å². The zero-order valence-corrected chi connectivity index (χ0v) is 8.62. The molecule has 2 aliphatic heterocycles. The highest BCUT2D eigenvalue weighted by atomic mass is 16.8. The van der Waals surface area contributed by atoms with Crippen molar-refractivity contribution in [1.82, 2.24) is 0 Å². The number of fused-ring (bicyclic) bond motifs is 2. The molecule has 0 radical (unpaired) electrons. The van der Waals surface area contributed by atoms with Crippen LogP contribution in [0.1, 0.15) is 33.1 Å². The van der Waals surface area contributed by atoms with Gasteiger partial charge in [-0.15, -0.1) is 0 Å². The smallest absolute Gasteiger partial charge is 0.338 e. The van der Waals surface area contributed by atoms with Crippen LogP contribution >= 0.6 is 0 Å². The molecule has 0 aromatic heterocycles. The average Bonchev–Trinajstić information content (AvgIpc) is 2.37. The van der Waals surface area contributed by atoms with E-state index in [1.54, 1.807) is 6.92 Å². The topological polar surface area (TPSA) is 44.8 Å². The van der Waals surface area contributed by atoms with E-state index in [1.807, 2.05) is 6.92 Å². The van der Waals surface area contributed by atoms with Crippen LogP contribution in [0.2, 0.25) is 0 Å². The lowest BCUT2D eigenvalue weighted by molar-refractivity contribution is -0.186. The number of carbonyl (C=O) groups is 1. The third-order valence-electron chi connectivity index (χ3n) is 2.75. The normalized spacial score (nSPS) is 41.0. The minimum atomic E-state index is -0.555. The van der Waals surface area contributed by atoms with Gasteiger partial charge in [-0.1, -0.05) is 0 Å². The van der Waals surface area contributed by atoms with Gasteiger partial charge in [0.05, 0.1) is 12.7 Å². The first kappa shape index (κ1) is 9.93. The van der Waals surface area contributed by atoms with Gasteiger partial charge in [0.1, 0.15) is 0 Å². The fraction of sp³-hybridized carbons (Fsp3) is 0.900. The molecular weight excluding hydrogens is 184 g/mol. The molecule has 0 aromatic rings. The molecule has 4 heteroatoms. The Hall–Kier alpha value is -0.610. The summed E-state index contributed by atoms with van der Waals surface area (Å²) in [4.78, 5) is 11.5. The number of rotatable bonds is 2. The van der Waals surface area contributed by atoms with Gasteiger partial charge < -0.3 is 14.2 Å². The Bertz CT molecular complexity index is 240. The first-order chi connectivity index (χ1) is 6.64. The minimum Gasteiger partial charge on any atom is -0.464 e. The number of ether oxygens (including phenoxy) is 3. The summed E-state index contributed by atoms with van der Waals surface area (Å²) in [5, 5.41) is 0. The maximum atomic E-state index is 11.5. The molecule has 2 fully saturated rings. The van der Waals surface area contributed by atoms with E-state index in [4.69, 9.17) is 14.2 Å². The van der Waals surface area contributed by atoms with Crippen LogP contribution in [0.25, 0.3) is 0 Å². The molecule has 0 N–H and O–H groups in total. The molecule has 80 valence electrons. The first-order valence-corrected chi connectivity index (χ1v) is 5.17. The molecule has 2 saturated heterocycles. The molecule has 2 rings (SSSR count). The van der Waals surface area contributed by atoms with Gasteiger partial charge in [-0.2, -0.15) is 0 Å². The Morgan fingerprint density at radius 1 is 1.57 bits per heavy atom. The number of hydrogen-bond acceptors (Lipinski definition) is 4.